The van der Waals surface area contributed by atoms with Crippen molar-refractivity contribution in [3.8, 4) is 5.75 Å². The van der Waals surface area contributed by atoms with Crippen molar-refractivity contribution in [1.29, 1.82) is 0 Å². The first-order chi connectivity index (χ1) is 15.9. The number of aromatic nitrogens is 2. The van der Waals surface area contributed by atoms with Crippen molar-refractivity contribution < 1.29 is 19.0 Å². The van der Waals surface area contributed by atoms with Gasteiger partial charge in [-0.2, -0.15) is 0 Å². The fourth-order valence-electron chi connectivity index (χ4n) is 3.74. The molecule has 0 fully saturated rings. The van der Waals surface area contributed by atoms with Gasteiger partial charge in [0, 0.05) is 11.4 Å². The number of H-pyrrole nitrogens is 1. The molecule has 0 radical (unpaired) electrons. The molecule has 0 aliphatic carbocycles. The van der Waals surface area contributed by atoms with Crippen LogP contribution in [0.1, 0.15) is 36.5 Å². The van der Waals surface area contributed by atoms with Crippen LogP contribution in [-0.2, 0) is 15.3 Å². The van der Waals surface area contributed by atoms with Crippen LogP contribution in [0, 0.1) is 5.82 Å². The highest BCUT2D eigenvalue weighted by Gasteiger charge is 2.36. The number of nitrogens with zero attached hydrogens (tertiary/aromatic N) is 1. The molecule has 0 bridgehead atoms. The second kappa shape index (κ2) is 9.50. The Labute approximate surface area is 193 Å². The van der Waals surface area contributed by atoms with Crippen molar-refractivity contribution in [1.82, 2.24) is 9.97 Å². The summed E-state index contributed by atoms with van der Waals surface area (Å²) in [5, 5.41) is 13.1. The Morgan fingerprint density at radius 2 is 1.94 bits per heavy atom. The summed E-state index contributed by atoms with van der Waals surface area (Å²) < 4.78 is 19.2. The van der Waals surface area contributed by atoms with Crippen LogP contribution in [0.4, 0.5) is 10.2 Å². The van der Waals surface area contributed by atoms with E-state index in [1.54, 1.807) is 44.2 Å². The normalized spacial score (nSPS) is 15.1. The predicted molar refractivity (Wildman–Crippen MR) is 124 cm³/mol. The van der Waals surface area contributed by atoms with E-state index in [-0.39, 0.29) is 23.7 Å². The molecule has 0 spiro atoms. The first-order valence-corrected chi connectivity index (χ1v) is 11.3. The Bertz CT molecular complexity index is 1290. The Morgan fingerprint density at radius 3 is 2.64 bits per heavy atom. The van der Waals surface area contributed by atoms with Crippen LogP contribution in [-0.4, -0.2) is 27.7 Å². The molecule has 0 saturated heterocycles. The van der Waals surface area contributed by atoms with Crippen molar-refractivity contribution in [2.75, 3.05) is 11.9 Å². The molecule has 170 valence electrons. The number of nitrogens with one attached hydrogen (secondary N) is 2. The van der Waals surface area contributed by atoms with E-state index < -0.39 is 17.4 Å². The lowest BCUT2D eigenvalue weighted by Crippen LogP contribution is -2.31. The summed E-state index contributed by atoms with van der Waals surface area (Å²) in [6.45, 7) is 3.61. The van der Waals surface area contributed by atoms with E-state index in [4.69, 9.17) is 4.74 Å². The highest BCUT2D eigenvalue weighted by atomic mass is 32.2. The number of halogens is 1. The minimum Gasteiger partial charge on any atom is -0.508 e. The topological polar surface area (TPSA) is 104 Å². The number of allylic oxidation sites excluding steroid dienone is 1. The number of fused-ring (bicyclic) bond motifs is 1. The number of esters is 1. The second-order valence-electron chi connectivity index (χ2n) is 7.42. The lowest BCUT2D eigenvalue weighted by Gasteiger charge is -2.28. The van der Waals surface area contributed by atoms with Crippen LogP contribution < -0.4 is 10.9 Å². The summed E-state index contributed by atoms with van der Waals surface area (Å²) >= 11 is 1.20. The zero-order chi connectivity index (χ0) is 23.5. The van der Waals surface area contributed by atoms with Gasteiger partial charge in [0.15, 0.2) is 5.16 Å². The Morgan fingerprint density at radius 1 is 1.21 bits per heavy atom. The van der Waals surface area contributed by atoms with Crippen molar-refractivity contribution in [2.45, 2.75) is 30.7 Å². The van der Waals surface area contributed by atoms with E-state index >= 15 is 0 Å². The molecular formula is C24H22FN3O4S. The second-order valence-corrected chi connectivity index (χ2v) is 8.39. The molecule has 1 unspecified atom stereocenters. The van der Waals surface area contributed by atoms with Crippen molar-refractivity contribution in [3.05, 3.63) is 92.7 Å². The maximum absolute atomic E-state index is 14.0. The van der Waals surface area contributed by atoms with Gasteiger partial charge in [0.05, 0.1) is 23.7 Å². The zero-order valence-corrected chi connectivity index (χ0v) is 18.8. The molecule has 1 aliphatic rings. The highest BCUT2D eigenvalue weighted by Crippen LogP contribution is 2.40. The molecular weight excluding hydrogens is 445 g/mol. The number of carbonyl (C=O) groups excluding carboxylic acids is 1. The van der Waals surface area contributed by atoms with Crippen LogP contribution >= 0.6 is 11.8 Å². The van der Waals surface area contributed by atoms with Crippen LogP contribution in [0.3, 0.4) is 0 Å². The summed E-state index contributed by atoms with van der Waals surface area (Å²) in [6, 6.07) is 12.7. The third-order valence-electron chi connectivity index (χ3n) is 5.26. The number of anilines is 1. The average molecular weight is 468 g/mol. The fourth-order valence-corrected chi connectivity index (χ4v) is 4.59. The van der Waals surface area contributed by atoms with Crippen LogP contribution in [0.25, 0.3) is 0 Å². The predicted octanol–water partition coefficient (Wildman–Crippen LogP) is 4.30. The van der Waals surface area contributed by atoms with E-state index in [1.807, 2.05) is 0 Å². The molecule has 1 atom stereocenters. The summed E-state index contributed by atoms with van der Waals surface area (Å²) in [5.41, 5.74) is 1.80. The number of hydrogen-bond acceptors (Lipinski definition) is 7. The Kier molecular flexibility index (Phi) is 6.50. The first kappa shape index (κ1) is 22.6. The minimum atomic E-state index is -0.734. The van der Waals surface area contributed by atoms with Gasteiger partial charge in [-0.15, -0.1) is 0 Å². The molecule has 2 aromatic carbocycles. The van der Waals surface area contributed by atoms with Crippen LogP contribution in [0.15, 0.2) is 69.8 Å². The number of carbonyl (C=O) groups is 1. The van der Waals surface area contributed by atoms with Gasteiger partial charge in [0.25, 0.3) is 5.56 Å². The minimum absolute atomic E-state index is 0.0678. The van der Waals surface area contributed by atoms with Gasteiger partial charge in [-0.25, -0.2) is 14.2 Å². The van der Waals surface area contributed by atoms with E-state index in [1.165, 1.54) is 30.0 Å². The van der Waals surface area contributed by atoms with E-state index in [0.29, 0.717) is 39.1 Å². The number of hydrogen-bond donors (Lipinski definition) is 3. The van der Waals surface area contributed by atoms with Crippen molar-refractivity contribution in [2.24, 2.45) is 0 Å². The summed E-state index contributed by atoms with van der Waals surface area (Å²) in [6.07, 6.45) is 0. The lowest BCUT2D eigenvalue weighted by molar-refractivity contribution is -0.138. The van der Waals surface area contributed by atoms with Gasteiger partial charge in [-0.3, -0.25) is 4.79 Å². The lowest BCUT2D eigenvalue weighted by atomic mass is 9.82. The highest BCUT2D eigenvalue weighted by molar-refractivity contribution is 7.98. The average Bonchev–Trinajstić information content (AvgIpc) is 2.78. The van der Waals surface area contributed by atoms with Gasteiger partial charge in [-0.1, -0.05) is 42.1 Å². The van der Waals surface area contributed by atoms with Crippen LogP contribution in [0.2, 0.25) is 0 Å². The molecule has 9 heteroatoms. The standard InChI is InChI=1S/C24H22FN3O4S/c1-3-32-23(31)18-13(2)26-21-20(19(18)14-8-10-16(29)11-9-14)22(30)28-24(27-21)33-12-15-6-4-5-7-17(15)25/h4-11,19,29H,3,12H2,1-2H3,(H2,26,27,28,30). The number of aromatic amines is 1. The van der Waals surface area contributed by atoms with Crippen LogP contribution in [0.5, 0.6) is 5.75 Å². The van der Waals surface area contributed by atoms with Gasteiger partial charge in [-0.05, 0) is 43.2 Å². The molecule has 3 N–H and O–H groups in total. The van der Waals surface area contributed by atoms with Crippen molar-refractivity contribution in [3.63, 3.8) is 0 Å². The molecule has 4 rings (SSSR count). The third-order valence-corrected chi connectivity index (χ3v) is 6.19. The number of rotatable bonds is 6. The fraction of sp³-hybridized carbons (Fsp3) is 0.208. The largest absolute Gasteiger partial charge is 0.508 e. The molecule has 0 amide bonds. The third kappa shape index (κ3) is 4.63. The Hall–Kier alpha value is -3.59. The maximum atomic E-state index is 14.0. The number of ether oxygens (including phenoxy) is 1. The Balaban J connectivity index is 1.76. The first-order valence-electron chi connectivity index (χ1n) is 10.3. The maximum Gasteiger partial charge on any atom is 0.336 e. The number of phenols is 1. The summed E-state index contributed by atoms with van der Waals surface area (Å²) in [7, 11) is 0. The number of benzene rings is 2. The smallest absolute Gasteiger partial charge is 0.336 e. The molecule has 7 nitrogen and oxygen atoms in total. The SMILES string of the molecule is CCOC(=O)C1=C(C)Nc2nc(SCc3ccccc3F)[nH]c(=O)c2C1c1ccc(O)cc1. The molecule has 2 heterocycles. The van der Waals surface area contributed by atoms with E-state index in [0.717, 1.165) is 0 Å². The molecule has 0 saturated carbocycles. The van der Waals surface area contributed by atoms with Gasteiger partial charge in [0.2, 0.25) is 0 Å². The molecule has 3 aromatic rings. The summed E-state index contributed by atoms with van der Waals surface area (Å²) in [4.78, 5) is 33.3. The molecule has 33 heavy (non-hydrogen) atoms. The monoisotopic (exact) mass is 467 g/mol. The number of aromatic hydroxyl groups is 1. The quantitative estimate of drug-likeness (QED) is 0.282. The van der Waals surface area contributed by atoms with Gasteiger partial charge in [0.1, 0.15) is 17.4 Å². The van der Waals surface area contributed by atoms with E-state index in [2.05, 4.69) is 15.3 Å². The molecule has 1 aromatic heterocycles. The number of thioether (sulfide) groups is 1. The van der Waals surface area contributed by atoms with Gasteiger partial charge >= 0.3 is 5.97 Å². The number of phenolic OH excluding ortho intramolecular Hbond substituents is 1. The van der Waals surface area contributed by atoms with Crippen molar-refractivity contribution >= 4 is 23.5 Å². The molecule has 1 aliphatic heterocycles. The summed E-state index contributed by atoms with van der Waals surface area (Å²) in [5.74, 6) is -0.921. The van der Waals surface area contributed by atoms with Gasteiger partial charge < -0.3 is 20.1 Å². The zero-order valence-electron chi connectivity index (χ0n) is 18.0. The van der Waals surface area contributed by atoms with E-state index in [9.17, 15) is 19.1 Å².